The second kappa shape index (κ2) is 6.77. The van der Waals surface area contributed by atoms with Gasteiger partial charge >= 0.3 is 6.18 Å². The van der Waals surface area contributed by atoms with Crippen LogP contribution in [-0.4, -0.2) is 38.3 Å². The second-order valence-electron chi connectivity index (χ2n) is 4.34. The van der Waals surface area contributed by atoms with Crippen molar-refractivity contribution >= 4 is 0 Å². The van der Waals surface area contributed by atoms with Crippen molar-refractivity contribution in [2.75, 3.05) is 27.2 Å². The number of para-hydroxylation sites is 1. The Hall–Kier alpha value is -1.27. The van der Waals surface area contributed by atoms with Crippen molar-refractivity contribution in [3.63, 3.8) is 0 Å². The van der Waals surface area contributed by atoms with Crippen LogP contribution in [0.2, 0.25) is 0 Å². The van der Waals surface area contributed by atoms with Crippen LogP contribution in [0.25, 0.3) is 0 Å². The highest BCUT2D eigenvalue weighted by Gasteiger charge is 2.29. The van der Waals surface area contributed by atoms with Gasteiger partial charge in [-0.05, 0) is 13.1 Å². The summed E-state index contributed by atoms with van der Waals surface area (Å²) in [5, 5.41) is 0. The predicted octanol–water partition coefficient (Wildman–Crippen LogP) is 2.58. The molecule has 0 aromatic heterocycles. The molecule has 3 nitrogen and oxygen atoms in total. The first kappa shape index (κ1) is 15.8. The van der Waals surface area contributed by atoms with Gasteiger partial charge in [-0.2, -0.15) is 13.2 Å². The Balaban J connectivity index is 2.81. The zero-order chi connectivity index (χ0) is 14.5. The van der Waals surface area contributed by atoms with Crippen molar-refractivity contribution < 1.29 is 17.9 Å². The van der Waals surface area contributed by atoms with E-state index in [-0.39, 0.29) is 19.1 Å². The Kier molecular flexibility index (Phi) is 5.62. The van der Waals surface area contributed by atoms with E-state index in [4.69, 9.17) is 10.5 Å². The summed E-state index contributed by atoms with van der Waals surface area (Å²) in [5.41, 5.74) is 6.49. The van der Waals surface area contributed by atoms with E-state index in [0.29, 0.717) is 5.75 Å². The second-order valence-corrected chi connectivity index (χ2v) is 4.34. The topological polar surface area (TPSA) is 38.5 Å². The minimum absolute atomic E-state index is 0.0938. The zero-order valence-electron chi connectivity index (χ0n) is 11.1. The van der Waals surface area contributed by atoms with E-state index >= 15 is 0 Å². The van der Waals surface area contributed by atoms with E-state index < -0.39 is 12.6 Å². The van der Waals surface area contributed by atoms with Crippen molar-refractivity contribution in [1.82, 2.24) is 4.90 Å². The Morgan fingerprint density at radius 2 is 1.95 bits per heavy atom. The number of likely N-dealkylation sites (N-methyl/N-ethyl adjacent to an activating group) is 1. The van der Waals surface area contributed by atoms with E-state index in [1.807, 2.05) is 18.2 Å². The lowest BCUT2D eigenvalue weighted by atomic mass is 10.0. The molecule has 1 atom stereocenters. The molecule has 1 rings (SSSR count). The van der Waals surface area contributed by atoms with Crippen LogP contribution in [0.3, 0.4) is 0 Å². The van der Waals surface area contributed by atoms with Crippen molar-refractivity contribution in [2.24, 2.45) is 5.73 Å². The molecule has 2 N–H and O–H groups in total. The molecule has 1 unspecified atom stereocenters. The van der Waals surface area contributed by atoms with Gasteiger partial charge in [0.05, 0.1) is 19.6 Å². The quantitative estimate of drug-likeness (QED) is 0.868. The fourth-order valence-electron chi connectivity index (χ4n) is 1.95. The van der Waals surface area contributed by atoms with Crippen LogP contribution in [0.1, 0.15) is 18.0 Å². The lowest BCUT2D eigenvalue weighted by molar-refractivity contribution is -0.138. The molecule has 108 valence electrons. The maximum absolute atomic E-state index is 12.2. The van der Waals surface area contributed by atoms with Gasteiger partial charge in [-0.1, -0.05) is 18.2 Å². The fraction of sp³-hybridized carbons (Fsp3) is 0.538. The molecule has 0 bridgehead atoms. The molecule has 0 aliphatic heterocycles. The minimum atomic E-state index is -4.16. The average Bonchev–Trinajstić information content (AvgIpc) is 2.37. The molecule has 0 saturated carbocycles. The number of halogens is 3. The Morgan fingerprint density at radius 1 is 1.32 bits per heavy atom. The minimum Gasteiger partial charge on any atom is -0.496 e. The van der Waals surface area contributed by atoms with Crippen LogP contribution in [-0.2, 0) is 0 Å². The van der Waals surface area contributed by atoms with Crippen LogP contribution in [0.4, 0.5) is 13.2 Å². The van der Waals surface area contributed by atoms with Gasteiger partial charge in [-0.15, -0.1) is 0 Å². The van der Waals surface area contributed by atoms with Crippen molar-refractivity contribution in [1.29, 1.82) is 0 Å². The number of hydrogen-bond donors (Lipinski definition) is 1. The number of nitrogens with two attached hydrogens (primary N) is 1. The highest BCUT2D eigenvalue weighted by atomic mass is 19.4. The Morgan fingerprint density at radius 3 is 2.47 bits per heavy atom. The average molecular weight is 276 g/mol. The molecule has 0 radical (unpaired) electrons. The van der Waals surface area contributed by atoms with Gasteiger partial charge in [0.2, 0.25) is 0 Å². The van der Waals surface area contributed by atoms with Gasteiger partial charge in [0.25, 0.3) is 0 Å². The van der Waals surface area contributed by atoms with Gasteiger partial charge in [-0.3, -0.25) is 4.90 Å². The SMILES string of the molecule is COc1ccccc1C(CN)N(C)CCC(F)(F)F. The number of rotatable bonds is 6. The van der Waals surface area contributed by atoms with E-state index in [1.54, 1.807) is 18.0 Å². The van der Waals surface area contributed by atoms with Gasteiger partial charge in [0.15, 0.2) is 0 Å². The number of benzene rings is 1. The monoisotopic (exact) mass is 276 g/mol. The number of nitrogens with zero attached hydrogens (tertiary/aromatic N) is 1. The lowest BCUT2D eigenvalue weighted by Crippen LogP contribution is -2.33. The van der Waals surface area contributed by atoms with Gasteiger partial charge in [0.1, 0.15) is 5.75 Å². The molecular formula is C13H19F3N2O. The Bertz CT molecular complexity index is 396. The first-order valence-corrected chi connectivity index (χ1v) is 5.99. The van der Waals surface area contributed by atoms with Gasteiger partial charge in [-0.25, -0.2) is 0 Å². The maximum atomic E-state index is 12.2. The molecule has 0 fully saturated rings. The summed E-state index contributed by atoms with van der Waals surface area (Å²) in [4.78, 5) is 1.60. The van der Waals surface area contributed by atoms with Crippen LogP contribution in [0.15, 0.2) is 24.3 Å². The summed E-state index contributed by atoms with van der Waals surface area (Å²) < 4.78 is 42.0. The number of alkyl halides is 3. The normalized spacial score (nSPS) is 13.6. The standard InChI is InChI=1S/C13H19F3N2O/c1-18(8-7-13(14,15)16)11(9-17)10-5-3-4-6-12(10)19-2/h3-6,11H,7-9,17H2,1-2H3. The molecule has 0 saturated heterocycles. The first-order valence-electron chi connectivity index (χ1n) is 5.99. The van der Waals surface area contributed by atoms with E-state index in [2.05, 4.69) is 0 Å². The first-order chi connectivity index (χ1) is 8.89. The summed E-state index contributed by atoms with van der Waals surface area (Å²) in [5.74, 6) is 0.636. The fourth-order valence-corrected chi connectivity index (χ4v) is 1.95. The number of hydrogen-bond acceptors (Lipinski definition) is 3. The predicted molar refractivity (Wildman–Crippen MR) is 68.1 cm³/mol. The highest BCUT2D eigenvalue weighted by molar-refractivity contribution is 5.36. The smallest absolute Gasteiger partial charge is 0.390 e. The van der Waals surface area contributed by atoms with Gasteiger partial charge in [0, 0.05) is 18.7 Å². The molecule has 0 spiro atoms. The van der Waals surface area contributed by atoms with Crippen LogP contribution >= 0.6 is 0 Å². The lowest BCUT2D eigenvalue weighted by Gasteiger charge is -2.28. The molecular weight excluding hydrogens is 257 g/mol. The molecule has 0 aliphatic carbocycles. The van der Waals surface area contributed by atoms with Crippen LogP contribution < -0.4 is 10.5 Å². The summed E-state index contributed by atoms with van der Waals surface area (Å²) in [6.45, 7) is 0.137. The molecule has 1 aromatic carbocycles. The third-order valence-electron chi connectivity index (χ3n) is 3.00. The number of methoxy groups -OCH3 is 1. The van der Waals surface area contributed by atoms with E-state index in [0.717, 1.165) is 5.56 Å². The molecule has 1 aromatic rings. The molecule has 0 amide bonds. The largest absolute Gasteiger partial charge is 0.496 e. The third-order valence-corrected chi connectivity index (χ3v) is 3.00. The molecule has 19 heavy (non-hydrogen) atoms. The van der Waals surface area contributed by atoms with Crippen LogP contribution in [0, 0.1) is 0 Å². The third kappa shape index (κ3) is 4.72. The van der Waals surface area contributed by atoms with Gasteiger partial charge < -0.3 is 10.5 Å². The van der Waals surface area contributed by atoms with Crippen molar-refractivity contribution in [2.45, 2.75) is 18.6 Å². The summed E-state index contributed by atoms with van der Waals surface area (Å²) in [6, 6.07) is 6.93. The van der Waals surface area contributed by atoms with E-state index in [9.17, 15) is 13.2 Å². The van der Waals surface area contributed by atoms with Crippen molar-refractivity contribution in [3.8, 4) is 5.75 Å². The summed E-state index contributed by atoms with van der Waals surface area (Å²) in [6.07, 6.45) is -5.01. The molecule has 0 heterocycles. The number of ether oxygens (including phenoxy) is 1. The zero-order valence-corrected chi connectivity index (χ0v) is 11.1. The highest BCUT2D eigenvalue weighted by Crippen LogP contribution is 2.29. The molecule has 6 heteroatoms. The summed E-state index contributed by atoms with van der Waals surface area (Å²) >= 11 is 0. The maximum Gasteiger partial charge on any atom is 0.390 e. The molecule has 0 aliphatic rings. The van der Waals surface area contributed by atoms with Crippen molar-refractivity contribution in [3.05, 3.63) is 29.8 Å². The Labute approximate surface area is 111 Å². The van der Waals surface area contributed by atoms with E-state index in [1.165, 1.54) is 7.11 Å². The summed E-state index contributed by atoms with van der Waals surface area (Å²) in [7, 11) is 3.16. The van der Waals surface area contributed by atoms with Crippen LogP contribution in [0.5, 0.6) is 5.75 Å².